The van der Waals surface area contributed by atoms with E-state index in [0.717, 1.165) is 5.56 Å². The lowest BCUT2D eigenvalue weighted by atomic mass is 9.98. The lowest BCUT2D eigenvalue weighted by molar-refractivity contribution is 0.172. The van der Waals surface area contributed by atoms with Crippen molar-refractivity contribution in [3.05, 3.63) is 35.9 Å². The molecule has 0 radical (unpaired) electrons. The third-order valence-electron chi connectivity index (χ3n) is 2.76. The minimum atomic E-state index is -0.143. The van der Waals surface area contributed by atoms with Gasteiger partial charge in [-0.05, 0) is 12.5 Å². The van der Waals surface area contributed by atoms with E-state index < -0.39 is 0 Å². The van der Waals surface area contributed by atoms with Gasteiger partial charge in [0.05, 0.1) is 12.5 Å². The minimum Gasteiger partial charge on any atom is -0.409 e. The fourth-order valence-corrected chi connectivity index (χ4v) is 1.78. The number of rotatable bonds is 7. The summed E-state index contributed by atoms with van der Waals surface area (Å²) >= 11 is 0. The van der Waals surface area contributed by atoms with Gasteiger partial charge >= 0.3 is 0 Å². The van der Waals surface area contributed by atoms with Gasteiger partial charge in [0.1, 0.15) is 5.84 Å². The number of nitrogens with zero attached hydrogens (tertiary/aromatic N) is 1. The standard InChI is InChI=1S/C13H21N3O2/c1-10(9-18-2)15-8-12(13(14)16-17)11-6-4-3-5-7-11/h3-7,10,12,15,17H,8-9H2,1-2H3,(H2,14,16). The molecule has 100 valence electrons. The van der Waals surface area contributed by atoms with Crippen LogP contribution in [-0.4, -0.2) is 37.3 Å². The smallest absolute Gasteiger partial charge is 0.147 e. The lowest BCUT2D eigenvalue weighted by Crippen LogP contribution is -2.37. The molecule has 0 bridgehead atoms. The van der Waals surface area contributed by atoms with E-state index in [1.807, 2.05) is 37.3 Å². The Balaban J connectivity index is 2.69. The van der Waals surface area contributed by atoms with Crippen molar-refractivity contribution in [1.82, 2.24) is 5.32 Å². The Morgan fingerprint density at radius 1 is 1.44 bits per heavy atom. The highest BCUT2D eigenvalue weighted by Crippen LogP contribution is 2.15. The predicted octanol–water partition coefficient (Wildman–Crippen LogP) is 1.14. The van der Waals surface area contributed by atoms with Crippen LogP contribution in [0.2, 0.25) is 0 Å². The van der Waals surface area contributed by atoms with Gasteiger partial charge in [0.25, 0.3) is 0 Å². The highest BCUT2D eigenvalue weighted by molar-refractivity contribution is 5.87. The van der Waals surface area contributed by atoms with Crippen LogP contribution in [0.1, 0.15) is 18.4 Å². The second-order valence-corrected chi connectivity index (χ2v) is 4.25. The van der Waals surface area contributed by atoms with E-state index in [2.05, 4.69) is 10.5 Å². The molecule has 1 rings (SSSR count). The van der Waals surface area contributed by atoms with E-state index in [1.54, 1.807) is 7.11 Å². The summed E-state index contributed by atoms with van der Waals surface area (Å²) in [6, 6.07) is 9.95. The Morgan fingerprint density at radius 3 is 2.67 bits per heavy atom. The summed E-state index contributed by atoms with van der Waals surface area (Å²) in [5, 5.41) is 15.3. The van der Waals surface area contributed by atoms with Crippen LogP contribution in [-0.2, 0) is 4.74 Å². The first-order valence-electron chi connectivity index (χ1n) is 5.93. The Morgan fingerprint density at radius 2 is 2.11 bits per heavy atom. The van der Waals surface area contributed by atoms with E-state index in [0.29, 0.717) is 13.2 Å². The maximum atomic E-state index is 8.85. The lowest BCUT2D eigenvalue weighted by Gasteiger charge is -2.19. The van der Waals surface area contributed by atoms with Crippen LogP contribution in [0.4, 0.5) is 0 Å². The van der Waals surface area contributed by atoms with Gasteiger partial charge in [-0.1, -0.05) is 35.5 Å². The molecule has 0 aromatic heterocycles. The number of hydrogen-bond acceptors (Lipinski definition) is 4. The Hall–Kier alpha value is -1.59. The molecule has 0 saturated carbocycles. The zero-order valence-corrected chi connectivity index (χ0v) is 10.8. The van der Waals surface area contributed by atoms with E-state index in [-0.39, 0.29) is 17.8 Å². The Kier molecular flexibility index (Phi) is 6.18. The molecule has 1 aromatic carbocycles. The first kappa shape index (κ1) is 14.5. The Labute approximate surface area is 108 Å². The van der Waals surface area contributed by atoms with Crippen molar-refractivity contribution in [2.45, 2.75) is 18.9 Å². The van der Waals surface area contributed by atoms with E-state index >= 15 is 0 Å². The number of benzene rings is 1. The monoisotopic (exact) mass is 251 g/mol. The van der Waals surface area contributed by atoms with Crippen LogP contribution in [0.5, 0.6) is 0 Å². The molecule has 0 spiro atoms. The summed E-state index contributed by atoms with van der Waals surface area (Å²) in [7, 11) is 1.66. The van der Waals surface area contributed by atoms with Crippen LogP contribution >= 0.6 is 0 Å². The number of nitrogens with one attached hydrogen (secondary N) is 1. The SMILES string of the molecule is COCC(C)NCC(C(N)=NO)c1ccccc1. The van der Waals surface area contributed by atoms with Gasteiger partial charge in [-0.2, -0.15) is 0 Å². The van der Waals surface area contributed by atoms with Crippen molar-refractivity contribution in [1.29, 1.82) is 0 Å². The molecule has 0 aliphatic rings. The number of hydrogen-bond donors (Lipinski definition) is 3. The first-order chi connectivity index (χ1) is 8.69. The van der Waals surface area contributed by atoms with Crippen molar-refractivity contribution in [2.24, 2.45) is 10.9 Å². The number of nitrogens with two attached hydrogens (primary N) is 1. The average molecular weight is 251 g/mol. The van der Waals surface area contributed by atoms with Crippen molar-refractivity contribution >= 4 is 5.84 Å². The summed E-state index contributed by atoms with van der Waals surface area (Å²) in [6.07, 6.45) is 0. The molecule has 0 amide bonds. The molecule has 0 aliphatic heterocycles. The minimum absolute atomic E-state index is 0.143. The summed E-state index contributed by atoms with van der Waals surface area (Å²) in [5.41, 5.74) is 6.76. The topological polar surface area (TPSA) is 79.9 Å². The Bertz CT molecular complexity index is 368. The molecule has 2 unspecified atom stereocenters. The fraction of sp³-hybridized carbons (Fsp3) is 0.462. The summed E-state index contributed by atoms with van der Waals surface area (Å²) in [4.78, 5) is 0. The van der Waals surface area contributed by atoms with Gasteiger partial charge < -0.3 is 21.0 Å². The van der Waals surface area contributed by atoms with Gasteiger partial charge in [-0.3, -0.25) is 0 Å². The molecule has 5 heteroatoms. The van der Waals surface area contributed by atoms with Crippen molar-refractivity contribution in [3.8, 4) is 0 Å². The van der Waals surface area contributed by atoms with E-state index in [1.165, 1.54) is 0 Å². The van der Waals surface area contributed by atoms with Crippen LogP contribution in [0.25, 0.3) is 0 Å². The zero-order valence-electron chi connectivity index (χ0n) is 10.8. The number of amidine groups is 1. The second kappa shape index (κ2) is 7.68. The van der Waals surface area contributed by atoms with Crippen molar-refractivity contribution < 1.29 is 9.94 Å². The zero-order chi connectivity index (χ0) is 13.4. The van der Waals surface area contributed by atoms with Gasteiger partial charge in [-0.15, -0.1) is 0 Å². The van der Waals surface area contributed by atoms with Crippen LogP contribution in [0, 0.1) is 0 Å². The fourth-order valence-electron chi connectivity index (χ4n) is 1.78. The van der Waals surface area contributed by atoms with Crippen molar-refractivity contribution in [3.63, 3.8) is 0 Å². The third kappa shape index (κ3) is 4.35. The van der Waals surface area contributed by atoms with Crippen LogP contribution in [0.15, 0.2) is 35.5 Å². The summed E-state index contributed by atoms with van der Waals surface area (Å²) < 4.78 is 5.06. The summed E-state index contributed by atoms with van der Waals surface area (Å²) in [6.45, 7) is 3.25. The molecule has 0 fully saturated rings. The summed E-state index contributed by atoms with van der Waals surface area (Å²) in [5.74, 6) is 0.0637. The van der Waals surface area contributed by atoms with E-state index in [4.69, 9.17) is 15.7 Å². The largest absolute Gasteiger partial charge is 0.409 e. The first-order valence-corrected chi connectivity index (χ1v) is 5.93. The predicted molar refractivity (Wildman–Crippen MR) is 71.9 cm³/mol. The van der Waals surface area contributed by atoms with Crippen LogP contribution in [0.3, 0.4) is 0 Å². The maximum Gasteiger partial charge on any atom is 0.147 e. The third-order valence-corrected chi connectivity index (χ3v) is 2.76. The molecule has 0 aliphatic carbocycles. The number of methoxy groups -OCH3 is 1. The molecule has 4 N–H and O–H groups in total. The normalized spacial score (nSPS) is 15.3. The van der Waals surface area contributed by atoms with Crippen molar-refractivity contribution in [2.75, 3.05) is 20.3 Å². The molecule has 5 nitrogen and oxygen atoms in total. The number of ether oxygens (including phenoxy) is 1. The second-order valence-electron chi connectivity index (χ2n) is 4.25. The molecule has 18 heavy (non-hydrogen) atoms. The van der Waals surface area contributed by atoms with E-state index in [9.17, 15) is 0 Å². The molecule has 0 heterocycles. The van der Waals surface area contributed by atoms with Gasteiger partial charge in [0.15, 0.2) is 0 Å². The molecular weight excluding hydrogens is 230 g/mol. The van der Waals surface area contributed by atoms with Crippen LogP contribution < -0.4 is 11.1 Å². The van der Waals surface area contributed by atoms with Gasteiger partial charge in [-0.25, -0.2) is 0 Å². The molecule has 2 atom stereocenters. The highest BCUT2D eigenvalue weighted by Gasteiger charge is 2.17. The molecular formula is C13H21N3O2. The highest BCUT2D eigenvalue weighted by atomic mass is 16.5. The quantitative estimate of drug-likeness (QED) is 0.294. The maximum absolute atomic E-state index is 8.85. The van der Waals surface area contributed by atoms with Gasteiger partial charge in [0, 0.05) is 19.7 Å². The molecule has 1 aromatic rings. The molecule has 0 saturated heterocycles. The number of oxime groups is 1. The average Bonchev–Trinajstić information content (AvgIpc) is 2.40. The van der Waals surface area contributed by atoms with Gasteiger partial charge in [0.2, 0.25) is 0 Å².